The molecule has 0 radical (unpaired) electrons. The molecule has 1 aliphatic heterocycles. The number of rotatable bonds is 17. The first-order chi connectivity index (χ1) is 17.5. The lowest BCUT2D eigenvalue weighted by Crippen LogP contribution is -2.59. The van der Waals surface area contributed by atoms with Crippen molar-refractivity contribution in [3.63, 3.8) is 0 Å². The van der Waals surface area contributed by atoms with Gasteiger partial charge in [0.25, 0.3) is 0 Å². The van der Waals surface area contributed by atoms with Crippen molar-refractivity contribution in [1.82, 2.24) is 15.5 Å². The van der Waals surface area contributed by atoms with Crippen molar-refractivity contribution in [2.75, 3.05) is 38.5 Å². The van der Waals surface area contributed by atoms with Crippen molar-refractivity contribution in [2.24, 2.45) is 10.8 Å². The van der Waals surface area contributed by atoms with Crippen LogP contribution in [0.1, 0.15) is 138 Å². The van der Waals surface area contributed by atoms with E-state index in [9.17, 15) is 4.79 Å². The monoisotopic (exact) mass is 539 g/mol. The number of nitrogens with one attached hydrogen (secondary N) is 2. The Morgan fingerprint density at radius 3 is 1.35 bits per heavy atom. The van der Waals surface area contributed by atoms with Crippen molar-refractivity contribution in [2.45, 2.75) is 150 Å². The van der Waals surface area contributed by atoms with E-state index in [2.05, 4.69) is 57.1 Å². The van der Waals surface area contributed by atoms with Gasteiger partial charge in [-0.1, -0.05) is 130 Å². The average Bonchev–Trinajstić information content (AvgIpc) is 2.91. The Morgan fingerprint density at radius 2 is 1.00 bits per heavy atom. The molecule has 0 aromatic rings. The molecule has 0 aliphatic carbocycles. The highest BCUT2D eigenvalue weighted by Gasteiger charge is 2.38. The third-order valence-electron chi connectivity index (χ3n) is 7.96. The number of hydrogen-bond donors (Lipinski definition) is 2. The molecule has 2 unspecified atom stereocenters. The first-order valence-corrected chi connectivity index (χ1v) is 16.8. The van der Waals surface area contributed by atoms with Gasteiger partial charge in [0.2, 0.25) is 0 Å². The highest BCUT2D eigenvalue weighted by atomic mass is 32.2. The van der Waals surface area contributed by atoms with Gasteiger partial charge >= 0.3 is 0 Å². The molecule has 1 rings (SSSR count). The zero-order valence-corrected chi connectivity index (χ0v) is 26.9. The van der Waals surface area contributed by atoms with Gasteiger partial charge in [0.05, 0.1) is 0 Å². The molecule has 2 atom stereocenters. The number of carbonyl (C=O) groups is 1. The van der Waals surface area contributed by atoms with Gasteiger partial charge in [0.15, 0.2) is 5.12 Å². The molecule has 4 nitrogen and oxygen atoms in total. The van der Waals surface area contributed by atoms with E-state index in [0.717, 1.165) is 18.8 Å². The fourth-order valence-electron chi connectivity index (χ4n) is 5.71. The second-order valence-electron chi connectivity index (χ2n) is 13.7. The molecule has 0 bridgehead atoms. The van der Waals surface area contributed by atoms with E-state index in [1.807, 2.05) is 0 Å². The van der Waals surface area contributed by atoms with Crippen molar-refractivity contribution in [3.05, 3.63) is 0 Å². The predicted octanol–water partition coefficient (Wildman–Crippen LogP) is 8.05. The van der Waals surface area contributed by atoms with E-state index in [1.54, 1.807) is 6.92 Å². The highest BCUT2D eigenvalue weighted by Crippen LogP contribution is 2.31. The van der Waals surface area contributed by atoms with Crippen LogP contribution in [0.2, 0.25) is 0 Å². The molecular formula is C32H65N3OS. The maximum Gasteiger partial charge on any atom is 0.185 e. The molecule has 1 aliphatic rings. The molecule has 0 saturated carbocycles. The number of carbonyl (C=O) groups excluding carboxylic acids is 1. The maximum absolute atomic E-state index is 10.9. The summed E-state index contributed by atoms with van der Waals surface area (Å²) in [7, 11) is 0. The summed E-state index contributed by atoms with van der Waals surface area (Å²) in [6, 6.07) is 0.974. The zero-order chi connectivity index (χ0) is 27.6. The largest absolute Gasteiger partial charge is 0.311 e. The number of unbranched alkanes of at least 4 members (excludes halogenated alkanes) is 13. The van der Waals surface area contributed by atoms with Crippen LogP contribution in [-0.2, 0) is 4.79 Å². The van der Waals surface area contributed by atoms with E-state index >= 15 is 0 Å². The normalized spacial score (nSPS) is 20.4. The van der Waals surface area contributed by atoms with Crippen LogP contribution in [0.4, 0.5) is 0 Å². The minimum atomic E-state index is 0.247. The molecule has 1 heterocycles. The zero-order valence-electron chi connectivity index (χ0n) is 26.1. The Morgan fingerprint density at radius 1 is 0.649 bits per heavy atom. The Labute approximate surface area is 236 Å². The summed E-state index contributed by atoms with van der Waals surface area (Å²) in [6.45, 7) is 21.7. The van der Waals surface area contributed by atoms with Gasteiger partial charge in [-0.05, 0) is 30.2 Å². The summed E-state index contributed by atoms with van der Waals surface area (Å²) >= 11 is 1.48. The van der Waals surface area contributed by atoms with E-state index < -0.39 is 0 Å². The van der Waals surface area contributed by atoms with E-state index in [-0.39, 0.29) is 15.9 Å². The van der Waals surface area contributed by atoms with Crippen LogP contribution in [0.15, 0.2) is 0 Å². The summed E-state index contributed by atoms with van der Waals surface area (Å²) in [5.74, 6) is 1.01. The van der Waals surface area contributed by atoms with Gasteiger partial charge in [-0.15, -0.1) is 0 Å². The van der Waals surface area contributed by atoms with Crippen molar-refractivity contribution in [1.29, 1.82) is 0 Å². The summed E-state index contributed by atoms with van der Waals surface area (Å²) in [4.78, 5) is 13.6. The van der Waals surface area contributed by atoms with Crippen LogP contribution in [0.3, 0.4) is 0 Å². The topological polar surface area (TPSA) is 44.4 Å². The molecule has 37 heavy (non-hydrogen) atoms. The van der Waals surface area contributed by atoms with Crippen molar-refractivity contribution in [3.8, 4) is 0 Å². The average molecular weight is 540 g/mol. The molecule has 220 valence electrons. The highest BCUT2D eigenvalue weighted by molar-refractivity contribution is 8.13. The molecule has 0 aromatic carbocycles. The standard InChI is InChI=1S/C32H65N3OS/c1-28(36)37-27-21-19-17-15-13-11-9-8-10-12-14-16-18-20-24-35-25-22-33-29(31(2,3)4)30(32(5,6)7)34-23-26-35/h29-30,33-34H,8-27H2,1-7H3. The van der Waals surface area contributed by atoms with Gasteiger partial charge in [0.1, 0.15) is 0 Å². The van der Waals surface area contributed by atoms with E-state index in [0.29, 0.717) is 12.1 Å². The van der Waals surface area contributed by atoms with Crippen LogP contribution >= 0.6 is 11.8 Å². The fraction of sp³-hybridized carbons (Fsp3) is 0.969. The maximum atomic E-state index is 10.9. The Hall–Kier alpha value is -0.100. The van der Waals surface area contributed by atoms with Crippen molar-refractivity contribution < 1.29 is 4.79 Å². The second kappa shape index (κ2) is 19.9. The molecular weight excluding hydrogens is 474 g/mol. The molecule has 2 N–H and O–H groups in total. The van der Waals surface area contributed by atoms with E-state index in [1.165, 1.54) is 121 Å². The van der Waals surface area contributed by atoms with Crippen LogP contribution in [0.25, 0.3) is 0 Å². The Bertz CT molecular complexity index is 543. The quantitative estimate of drug-likeness (QED) is 0.183. The van der Waals surface area contributed by atoms with Crippen LogP contribution in [0, 0.1) is 10.8 Å². The fourth-order valence-corrected chi connectivity index (χ4v) is 6.35. The lowest BCUT2D eigenvalue weighted by atomic mass is 9.72. The summed E-state index contributed by atoms with van der Waals surface area (Å²) in [5.41, 5.74) is 0.495. The van der Waals surface area contributed by atoms with Gasteiger partial charge in [-0.2, -0.15) is 0 Å². The molecule has 1 fully saturated rings. The lowest BCUT2D eigenvalue weighted by Gasteiger charge is -2.44. The van der Waals surface area contributed by atoms with Crippen LogP contribution in [-0.4, -0.2) is 60.6 Å². The van der Waals surface area contributed by atoms with E-state index in [4.69, 9.17) is 0 Å². The molecule has 0 aromatic heterocycles. The molecule has 0 spiro atoms. The number of thioether (sulfide) groups is 1. The minimum absolute atomic E-state index is 0.247. The predicted molar refractivity (Wildman–Crippen MR) is 167 cm³/mol. The lowest BCUT2D eigenvalue weighted by molar-refractivity contribution is -0.109. The van der Waals surface area contributed by atoms with Crippen molar-refractivity contribution >= 4 is 16.9 Å². The summed E-state index contributed by atoms with van der Waals surface area (Å²) < 4.78 is 0. The van der Waals surface area contributed by atoms with Gasteiger partial charge in [-0.25, -0.2) is 0 Å². The number of hydrogen-bond acceptors (Lipinski definition) is 5. The summed E-state index contributed by atoms with van der Waals surface area (Å²) in [6.07, 6.45) is 19.3. The second-order valence-corrected chi connectivity index (χ2v) is 15.0. The number of nitrogens with zero attached hydrogens (tertiary/aromatic N) is 1. The third kappa shape index (κ3) is 18.0. The summed E-state index contributed by atoms with van der Waals surface area (Å²) in [5, 5.41) is 8.13. The smallest absolute Gasteiger partial charge is 0.185 e. The third-order valence-corrected chi connectivity index (χ3v) is 8.86. The first-order valence-electron chi connectivity index (χ1n) is 15.8. The minimum Gasteiger partial charge on any atom is -0.311 e. The first kappa shape index (κ1) is 34.9. The Kier molecular flexibility index (Phi) is 18.8. The van der Waals surface area contributed by atoms with Gasteiger partial charge in [-0.3, -0.25) is 4.79 Å². The molecule has 0 amide bonds. The SMILES string of the molecule is CC(=O)SCCCCCCCCCCCCCCCCN1CCNC(C(C)(C)C)C(C(C)(C)C)NCC1. The molecule has 5 heteroatoms. The van der Waals surface area contributed by atoms with Gasteiger partial charge in [0, 0.05) is 50.9 Å². The molecule has 1 saturated heterocycles. The van der Waals surface area contributed by atoms with Crippen LogP contribution in [0.5, 0.6) is 0 Å². The van der Waals surface area contributed by atoms with Gasteiger partial charge < -0.3 is 15.5 Å². The van der Waals surface area contributed by atoms with Crippen LogP contribution < -0.4 is 10.6 Å². The Balaban J connectivity index is 2.03.